The summed E-state index contributed by atoms with van der Waals surface area (Å²) < 4.78 is 16.2. The van der Waals surface area contributed by atoms with Crippen molar-refractivity contribution in [1.82, 2.24) is 9.88 Å². The lowest BCUT2D eigenvalue weighted by Gasteiger charge is -2.27. The molecular formula is C26H24N2O6. The molecule has 1 atom stereocenters. The summed E-state index contributed by atoms with van der Waals surface area (Å²) in [6.45, 7) is 0.114. The smallest absolute Gasteiger partial charge is 0.295 e. The molecule has 1 aliphatic rings. The maximum absolute atomic E-state index is 13.3. The second-order valence-corrected chi connectivity index (χ2v) is 7.60. The fraction of sp³-hybridized carbons (Fsp3) is 0.192. The van der Waals surface area contributed by atoms with Crippen molar-refractivity contribution in [1.29, 1.82) is 0 Å². The van der Waals surface area contributed by atoms with Crippen LogP contribution in [-0.4, -0.2) is 48.0 Å². The van der Waals surface area contributed by atoms with Crippen molar-refractivity contribution in [2.75, 3.05) is 21.3 Å². The molecule has 8 heteroatoms. The molecule has 8 nitrogen and oxygen atoms in total. The summed E-state index contributed by atoms with van der Waals surface area (Å²) in [5.41, 5.74) is 1.60. The van der Waals surface area contributed by atoms with E-state index in [2.05, 4.69) is 4.98 Å². The number of aliphatic hydroxyl groups is 1. The van der Waals surface area contributed by atoms with Crippen LogP contribution in [0.5, 0.6) is 17.2 Å². The number of para-hydroxylation sites is 1. The highest BCUT2D eigenvalue weighted by molar-refractivity contribution is 6.46. The SMILES string of the molecule is COc1ccc(C(O)=C2C(=O)C(=O)N(Cc3cccnc3)[C@H]2c2cccc(OC)c2OC)cc1. The third-order valence-electron chi connectivity index (χ3n) is 5.71. The first-order chi connectivity index (χ1) is 16.5. The Morgan fingerprint density at radius 1 is 0.971 bits per heavy atom. The molecular weight excluding hydrogens is 436 g/mol. The van der Waals surface area contributed by atoms with Crippen molar-refractivity contribution in [3.63, 3.8) is 0 Å². The number of hydrogen-bond donors (Lipinski definition) is 1. The zero-order chi connectivity index (χ0) is 24.2. The van der Waals surface area contributed by atoms with Crippen molar-refractivity contribution in [2.24, 2.45) is 0 Å². The quantitative estimate of drug-likeness (QED) is 0.326. The van der Waals surface area contributed by atoms with Crippen LogP contribution in [0.3, 0.4) is 0 Å². The van der Waals surface area contributed by atoms with Gasteiger partial charge in [0.1, 0.15) is 11.5 Å². The maximum atomic E-state index is 13.3. The lowest BCUT2D eigenvalue weighted by Crippen LogP contribution is -2.29. The van der Waals surface area contributed by atoms with Crippen LogP contribution < -0.4 is 14.2 Å². The van der Waals surface area contributed by atoms with Gasteiger partial charge in [-0.3, -0.25) is 14.6 Å². The Morgan fingerprint density at radius 3 is 2.35 bits per heavy atom. The zero-order valence-electron chi connectivity index (χ0n) is 19.0. The molecule has 1 amide bonds. The molecule has 4 rings (SSSR count). The van der Waals surface area contributed by atoms with Crippen LogP contribution in [0.15, 0.2) is 72.6 Å². The minimum absolute atomic E-state index is 0.0365. The summed E-state index contributed by atoms with van der Waals surface area (Å²) >= 11 is 0. The summed E-state index contributed by atoms with van der Waals surface area (Å²) in [7, 11) is 4.53. The van der Waals surface area contributed by atoms with Crippen LogP contribution in [0.1, 0.15) is 22.7 Å². The van der Waals surface area contributed by atoms with Gasteiger partial charge < -0.3 is 24.2 Å². The van der Waals surface area contributed by atoms with Gasteiger partial charge in [0.25, 0.3) is 11.7 Å². The molecule has 0 spiro atoms. The number of Topliss-reactive ketones (excluding diaryl/α,β-unsaturated/α-hetero) is 1. The van der Waals surface area contributed by atoms with Crippen molar-refractivity contribution < 1.29 is 28.9 Å². The maximum Gasteiger partial charge on any atom is 0.295 e. The Kier molecular flexibility index (Phi) is 6.49. The van der Waals surface area contributed by atoms with Gasteiger partial charge in [-0.2, -0.15) is 0 Å². The van der Waals surface area contributed by atoms with Gasteiger partial charge in [0, 0.05) is 30.1 Å². The summed E-state index contributed by atoms with van der Waals surface area (Å²) in [6.07, 6.45) is 3.26. The van der Waals surface area contributed by atoms with Gasteiger partial charge in [-0.15, -0.1) is 0 Å². The molecule has 1 saturated heterocycles. The minimum Gasteiger partial charge on any atom is -0.507 e. The van der Waals surface area contributed by atoms with E-state index < -0.39 is 17.7 Å². The van der Waals surface area contributed by atoms with E-state index in [1.807, 2.05) is 6.07 Å². The largest absolute Gasteiger partial charge is 0.507 e. The fourth-order valence-corrected chi connectivity index (χ4v) is 4.09. The van der Waals surface area contributed by atoms with E-state index >= 15 is 0 Å². The minimum atomic E-state index is -0.910. The number of benzene rings is 2. The molecule has 1 N–H and O–H groups in total. The van der Waals surface area contributed by atoms with Crippen molar-refractivity contribution in [3.8, 4) is 17.2 Å². The topological polar surface area (TPSA) is 98.2 Å². The number of amides is 1. The van der Waals surface area contributed by atoms with Crippen molar-refractivity contribution >= 4 is 17.4 Å². The summed E-state index contributed by atoms with van der Waals surface area (Å²) in [5, 5.41) is 11.2. The van der Waals surface area contributed by atoms with Crippen LogP contribution in [0.4, 0.5) is 0 Å². The van der Waals surface area contributed by atoms with Gasteiger partial charge in [-0.05, 0) is 42.0 Å². The molecule has 1 fully saturated rings. The van der Waals surface area contributed by atoms with Gasteiger partial charge in [-0.1, -0.05) is 18.2 Å². The highest BCUT2D eigenvalue weighted by Gasteiger charge is 2.47. The number of carbonyl (C=O) groups excluding carboxylic acids is 2. The first-order valence-corrected chi connectivity index (χ1v) is 10.5. The first kappa shape index (κ1) is 22.8. The Bertz CT molecular complexity index is 1240. The number of hydrogen-bond acceptors (Lipinski definition) is 7. The molecule has 1 aliphatic heterocycles. The average molecular weight is 460 g/mol. The number of likely N-dealkylation sites (tertiary alicyclic amines) is 1. The molecule has 2 aromatic carbocycles. The van der Waals surface area contributed by atoms with Gasteiger partial charge in [-0.25, -0.2) is 0 Å². The Labute approximate surface area is 197 Å². The van der Waals surface area contributed by atoms with E-state index in [-0.39, 0.29) is 17.9 Å². The molecule has 0 saturated carbocycles. The Hall–Kier alpha value is -4.33. The molecule has 0 aliphatic carbocycles. The van der Waals surface area contributed by atoms with E-state index in [0.29, 0.717) is 28.4 Å². The highest BCUT2D eigenvalue weighted by atomic mass is 16.5. The van der Waals surface area contributed by atoms with E-state index in [0.717, 1.165) is 5.56 Å². The number of nitrogens with zero attached hydrogens (tertiary/aromatic N) is 2. The van der Waals surface area contributed by atoms with Crippen molar-refractivity contribution in [2.45, 2.75) is 12.6 Å². The number of ketones is 1. The molecule has 34 heavy (non-hydrogen) atoms. The highest BCUT2D eigenvalue weighted by Crippen LogP contribution is 2.46. The fourth-order valence-electron chi connectivity index (χ4n) is 4.09. The summed E-state index contributed by atoms with van der Waals surface area (Å²) in [4.78, 5) is 32.0. The molecule has 0 radical (unpaired) electrons. The van der Waals surface area contributed by atoms with E-state index in [1.165, 1.54) is 26.2 Å². The molecule has 174 valence electrons. The first-order valence-electron chi connectivity index (χ1n) is 10.5. The second-order valence-electron chi connectivity index (χ2n) is 7.60. The zero-order valence-corrected chi connectivity index (χ0v) is 19.0. The molecule has 0 bridgehead atoms. The average Bonchev–Trinajstić information content (AvgIpc) is 3.13. The van der Waals surface area contributed by atoms with Crippen LogP contribution >= 0.6 is 0 Å². The lowest BCUT2D eigenvalue weighted by molar-refractivity contribution is -0.140. The van der Waals surface area contributed by atoms with Gasteiger partial charge in [0.2, 0.25) is 0 Å². The number of methoxy groups -OCH3 is 3. The Balaban J connectivity index is 1.92. The number of rotatable bonds is 7. The molecule has 3 aromatic rings. The van der Waals surface area contributed by atoms with E-state index in [4.69, 9.17) is 14.2 Å². The van der Waals surface area contributed by atoms with Crippen LogP contribution in [0.25, 0.3) is 5.76 Å². The van der Waals surface area contributed by atoms with Crippen LogP contribution in [-0.2, 0) is 16.1 Å². The van der Waals surface area contributed by atoms with Gasteiger partial charge in [0.15, 0.2) is 11.5 Å². The predicted octanol–water partition coefficient (Wildman–Crippen LogP) is 3.73. The number of aliphatic hydroxyl groups excluding tert-OH is 1. The standard InChI is InChI=1S/C26H24N2O6/c1-32-18-11-9-17(10-12-18)23(29)21-22(19-7-4-8-20(33-2)25(19)34-3)28(26(31)24(21)30)15-16-6-5-13-27-14-16/h4-14,22,29H,15H2,1-3H3/t22-/m0/s1. The number of aromatic nitrogens is 1. The predicted molar refractivity (Wildman–Crippen MR) is 125 cm³/mol. The van der Waals surface area contributed by atoms with Gasteiger partial charge >= 0.3 is 0 Å². The third kappa shape index (κ3) is 4.05. The third-order valence-corrected chi connectivity index (χ3v) is 5.71. The summed E-state index contributed by atoms with van der Waals surface area (Å²) in [5.74, 6) is -0.393. The molecule has 2 heterocycles. The van der Waals surface area contributed by atoms with E-state index in [9.17, 15) is 14.7 Å². The second kappa shape index (κ2) is 9.66. The molecule has 0 unspecified atom stereocenters. The summed E-state index contributed by atoms with van der Waals surface area (Å²) in [6, 6.07) is 14.5. The monoisotopic (exact) mass is 460 g/mol. The number of pyridine rings is 1. The molecule has 1 aromatic heterocycles. The van der Waals surface area contributed by atoms with Crippen molar-refractivity contribution in [3.05, 3.63) is 89.3 Å². The van der Waals surface area contributed by atoms with Gasteiger partial charge in [0.05, 0.1) is 32.9 Å². The van der Waals surface area contributed by atoms with E-state index in [1.54, 1.807) is 60.9 Å². The van der Waals surface area contributed by atoms with Crippen LogP contribution in [0.2, 0.25) is 0 Å². The number of ether oxygens (including phenoxy) is 3. The lowest BCUT2D eigenvalue weighted by atomic mass is 9.94. The number of carbonyl (C=O) groups is 2. The van der Waals surface area contributed by atoms with Crippen LogP contribution in [0, 0.1) is 0 Å². The normalized spacial score (nSPS) is 17.0. The Morgan fingerprint density at radius 2 is 1.74 bits per heavy atom.